The maximum atomic E-state index is 8.43. The van der Waals surface area contributed by atoms with E-state index in [2.05, 4.69) is 10.2 Å². The van der Waals surface area contributed by atoms with E-state index in [0.717, 1.165) is 19.7 Å². The minimum Gasteiger partial charge on any atom is -0.395 e. The van der Waals surface area contributed by atoms with Crippen molar-refractivity contribution in [3.8, 4) is 0 Å². The zero-order valence-electron chi connectivity index (χ0n) is 8.05. The van der Waals surface area contributed by atoms with Crippen molar-refractivity contribution in [3.63, 3.8) is 0 Å². The Morgan fingerprint density at radius 2 is 2.00 bits per heavy atom. The number of ether oxygens (including phenoxy) is 1. The van der Waals surface area contributed by atoms with Gasteiger partial charge in [0.25, 0.3) is 0 Å². The van der Waals surface area contributed by atoms with Crippen LogP contribution in [0.3, 0.4) is 0 Å². The predicted molar refractivity (Wildman–Crippen MR) is 49.3 cm³/mol. The summed E-state index contributed by atoms with van der Waals surface area (Å²) in [6, 6.07) is 0. The van der Waals surface area contributed by atoms with Crippen LogP contribution in [0.4, 0.5) is 0 Å². The molecule has 0 aliphatic rings. The SMILES string of the molecule is CN(C)CCOCCNCCO. The van der Waals surface area contributed by atoms with Crippen LogP contribution in [0, 0.1) is 0 Å². The molecule has 0 heterocycles. The van der Waals surface area contributed by atoms with Crippen molar-refractivity contribution in [1.29, 1.82) is 0 Å². The summed E-state index contributed by atoms with van der Waals surface area (Å²) in [5.41, 5.74) is 0. The van der Waals surface area contributed by atoms with Gasteiger partial charge in [0, 0.05) is 19.6 Å². The molecule has 0 fully saturated rings. The van der Waals surface area contributed by atoms with Gasteiger partial charge in [0.2, 0.25) is 0 Å². The second-order valence-corrected chi connectivity index (χ2v) is 2.89. The normalized spacial score (nSPS) is 11.0. The molecule has 0 atom stereocenters. The molecule has 12 heavy (non-hydrogen) atoms. The molecule has 0 amide bonds. The molecule has 0 rings (SSSR count). The second-order valence-electron chi connectivity index (χ2n) is 2.89. The van der Waals surface area contributed by atoms with E-state index in [1.54, 1.807) is 0 Å². The largest absolute Gasteiger partial charge is 0.395 e. The lowest BCUT2D eigenvalue weighted by Crippen LogP contribution is -2.25. The number of rotatable bonds is 8. The standard InChI is InChI=1S/C8H20N2O2/c1-10(2)5-8-12-7-4-9-3-6-11/h9,11H,3-8H2,1-2H3. The Balaban J connectivity index is 2.82. The smallest absolute Gasteiger partial charge is 0.0593 e. The van der Waals surface area contributed by atoms with Crippen molar-refractivity contribution in [2.45, 2.75) is 0 Å². The van der Waals surface area contributed by atoms with Gasteiger partial charge in [-0.05, 0) is 14.1 Å². The van der Waals surface area contributed by atoms with Gasteiger partial charge in [0.1, 0.15) is 0 Å². The molecule has 0 saturated carbocycles. The molecule has 4 nitrogen and oxygen atoms in total. The van der Waals surface area contributed by atoms with Gasteiger partial charge in [0.15, 0.2) is 0 Å². The highest BCUT2D eigenvalue weighted by atomic mass is 16.5. The van der Waals surface area contributed by atoms with E-state index >= 15 is 0 Å². The van der Waals surface area contributed by atoms with Gasteiger partial charge in [-0.15, -0.1) is 0 Å². The van der Waals surface area contributed by atoms with Crippen LogP contribution in [0.1, 0.15) is 0 Å². The van der Waals surface area contributed by atoms with E-state index < -0.39 is 0 Å². The molecule has 0 saturated heterocycles. The third-order valence-corrected chi connectivity index (χ3v) is 1.39. The van der Waals surface area contributed by atoms with Crippen molar-refractivity contribution < 1.29 is 9.84 Å². The van der Waals surface area contributed by atoms with Crippen LogP contribution < -0.4 is 5.32 Å². The summed E-state index contributed by atoms with van der Waals surface area (Å²) in [6.45, 7) is 4.10. The maximum Gasteiger partial charge on any atom is 0.0593 e. The maximum absolute atomic E-state index is 8.43. The molecule has 2 N–H and O–H groups in total. The number of aliphatic hydroxyl groups is 1. The fourth-order valence-corrected chi connectivity index (χ4v) is 0.698. The first-order valence-corrected chi connectivity index (χ1v) is 4.31. The van der Waals surface area contributed by atoms with Gasteiger partial charge in [-0.1, -0.05) is 0 Å². The molecular weight excluding hydrogens is 156 g/mol. The Morgan fingerprint density at radius 3 is 2.58 bits per heavy atom. The predicted octanol–water partition coefficient (Wildman–Crippen LogP) is -0.853. The number of aliphatic hydroxyl groups excluding tert-OH is 1. The highest BCUT2D eigenvalue weighted by molar-refractivity contribution is 4.45. The molecular formula is C8H20N2O2. The molecule has 74 valence electrons. The van der Waals surface area contributed by atoms with E-state index in [1.807, 2.05) is 14.1 Å². The Hall–Kier alpha value is -0.160. The zero-order chi connectivity index (χ0) is 9.23. The van der Waals surface area contributed by atoms with Crippen LogP contribution in [0.25, 0.3) is 0 Å². The fraction of sp³-hybridized carbons (Fsp3) is 1.00. The molecule has 0 aromatic rings. The summed E-state index contributed by atoms with van der Waals surface area (Å²) in [7, 11) is 4.04. The molecule has 0 aromatic heterocycles. The van der Waals surface area contributed by atoms with E-state index in [0.29, 0.717) is 13.2 Å². The quantitative estimate of drug-likeness (QED) is 0.473. The number of nitrogens with zero attached hydrogens (tertiary/aromatic N) is 1. The van der Waals surface area contributed by atoms with Crippen LogP contribution in [0.5, 0.6) is 0 Å². The molecule has 0 aliphatic carbocycles. The Morgan fingerprint density at radius 1 is 1.25 bits per heavy atom. The number of likely N-dealkylation sites (N-methyl/N-ethyl adjacent to an activating group) is 1. The van der Waals surface area contributed by atoms with Crippen molar-refractivity contribution in [2.75, 3.05) is 53.6 Å². The summed E-state index contributed by atoms with van der Waals surface area (Å²) >= 11 is 0. The van der Waals surface area contributed by atoms with Gasteiger partial charge >= 0.3 is 0 Å². The Kier molecular flexibility index (Phi) is 8.81. The molecule has 0 unspecified atom stereocenters. The van der Waals surface area contributed by atoms with Gasteiger partial charge in [0.05, 0.1) is 19.8 Å². The molecule has 4 heteroatoms. The van der Waals surface area contributed by atoms with Crippen LogP contribution in [0.15, 0.2) is 0 Å². The minimum atomic E-state index is 0.192. The lowest BCUT2D eigenvalue weighted by Gasteiger charge is -2.09. The first-order chi connectivity index (χ1) is 5.77. The van der Waals surface area contributed by atoms with Crippen LogP contribution in [0.2, 0.25) is 0 Å². The van der Waals surface area contributed by atoms with E-state index in [9.17, 15) is 0 Å². The lowest BCUT2D eigenvalue weighted by atomic mass is 10.6. The van der Waals surface area contributed by atoms with Crippen molar-refractivity contribution in [1.82, 2.24) is 10.2 Å². The van der Waals surface area contributed by atoms with Crippen LogP contribution >= 0.6 is 0 Å². The highest BCUT2D eigenvalue weighted by Crippen LogP contribution is 1.77. The van der Waals surface area contributed by atoms with E-state index in [4.69, 9.17) is 9.84 Å². The topological polar surface area (TPSA) is 44.7 Å². The highest BCUT2D eigenvalue weighted by Gasteiger charge is 1.90. The molecule has 0 aliphatic heterocycles. The average molecular weight is 176 g/mol. The second kappa shape index (κ2) is 8.93. The summed E-state index contributed by atoms with van der Waals surface area (Å²) in [5, 5.41) is 11.5. The fourth-order valence-electron chi connectivity index (χ4n) is 0.698. The van der Waals surface area contributed by atoms with Crippen LogP contribution in [-0.4, -0.2) is 63.6 Å². The summed E-state index contributed by atoms with van der Waals surface area (Å²) < 4.78 is 5.31. The van der Waals surface area contributed by atoms with Gasteiger partial charge in [-0.2, -0.15) is 0 Å². The van der Waals surface area contributed by atoms with Crippen molar-refractivity contribution >= 4 is 0 Å². The first-order valence-electron chi connectivity index (χ1n) is 4.31. The zero-order valence-corrected chi connectivity index (χ0v) is 8.05. The molecule has 0 radical (unpaired) electrons. The minimum absolute atomic E-state index is 0.192. The van der Waals surface area contributed by atoms with E-state index in [1.165, 1.54) is 0 Å². The molecule has 0 bridgehead atoms. The lowest BCUT2D eigenvalue weighted by molar-refractivity contribution is 0.118. The third kappa shape index (κ3) is 9.84. The summed E-state index contributed by atoms with van der Waals surface area (Å²) in [4.78, 5) is 2.08. The van der Waals surface area contributed by atoms with Crippen LogP contribution in [-0.2, 0) is 4.74 Å². The van der Waals surface area contributed by atoms with E-state index in [-0.39, 0.29) is 6.61 Å². The number of nitrogens with one attached hydrogen (secondary N) is 1. The summed E-state index contributed by atoms with van der Waals surface area (Å²) in [5.74, 6) is 0. The average Bonchev–Trinajstić information content (AvgIpc) is 2.02. The number of hydrogen-bond acceptors (Lipinski definition) is 4. The van der Waals surface area contributed by atoms with Gasteiger partial charge < -0.3 is 20.1 Å². The van der Waals surface area contributed by atoms with Gasteiger partial charge in [-0.3, -0.25) is 0 Å². The molecule has 0 spiro atoms. The van der Waals surface area contributed by atoms with Crippen molar-refractivity contribution in [3.05, 3.63) is 0 Å². The Labute approximate surface area is 74.5 Å². The third-order valence-electron chi connectivity index (χ3n) is 1.39. The Bertz CT molecular complexity index is 89.1. The molecule has 0 aromatic carbocycles. The monoisotopic (exact) mass is 176 g/mol. The summed E-state index contributed by atoms with van der Waals surface area (Å²) in [6.07, 6.45) is 0. The van der Waals surface area contributed by atoms with Crippen molar-refractivity contribution in [2.24, 2.45) is 0 Å². The van der Waals surface area contributed by atoms with Gasteiger partial charge in [-0.25, -0.2) is 0 Å². The number of hydrogen-bond donors (Lipinski definition) is 2. The first kappa shape index (κ1) is 11.8.